The van der Waals surface area contributed by atoms with Crippen molar-refractivity contribution in [2.45, 2.75) is 71.6 Å². The van der Waals surface area contributed by atoms with Crippen LogP contribution in [-0.2, 0) is 11.2 Å². The summed E-state index contributed by atoms with van der Waals surface area (Å²) in [6, 6.07) is 9.34. The number of alkyl carbamates (subject to hydrolysis) is 1. The van der Waals surface area contributed by atoms with E-state index >= 15 is 0 Å². The predicted molar refractivity (Wildman–Crippen MR) is 141 cm³/mol. The summed E-state index contributed by atoms with van der Waals surface area (Å²) >= 11 is 0. The minimum absolute atomic E-state index is 0.187. The lowest BCUT2D eigenvalue weighted by atomic mass is 9.99. The largest absolute Gasteiger partial charge is 0.507 e. The maximum absolute atomic E-state index is 12.9. The van der Waals surface area contributed by atoms with Gasteiger partial charge in [-0.25, -0.2) is 9.59 Å². The molecule has 0 fully saturated rings. The van der Waals surface area contributed by atoms with Crippen LogP contribution in [0, 0.1) is 0 Å². The number of Topliss-reactive ketones (excluding diaryl/α,β-unsaturated/α-hetero) is 1. The van der Waals surface area contributed by atoms with Crippen LogP contribution in [0.5, 0.6) is 5.75 Å². The highest BCUT2D eigenvalue weighted by Crippen LogP contribution is 2.26. The van der Waals surface area contributed by atoms with Gasteiger partial charge in [0, 0.05) is 18.2 Å². The highest BCUT2D eigenvalue weighted by Gasteiger charge is 2.22. The van der Waals surface area contributed by atoms with Crippen molar-refractivity contribution in [1.82, 2.24) is 5.32 Å². The number of ether oxygens (including phenoxy) is 1. The zero-order valence-electron chi connectivity index (χ0n) is 21.6. The Morgan fingerprint density at radius 3 is 2.53 bits per heavy atom. The maximum atomic E-state index is 12.9. The highest BCUT2D eigenvalue weighted by molar-refractivity contribution is 6.12. The van der Waals surface area contributed by atoms with Gasteiger partial charge in [0.15, 0.2) is 5.78 Å². The van der Waals surface area contributed by atoms with Crippen LogP contribution >= 0.6 is 0 Å². The average Bonchev–Trinajstić information content (AvgIpc) is 2.86. The Morgan fingerprint density at radius 2 is 1.89 bits per heavy atom. The Morgan fingerprint density at radius 1 is 1.17 bits per heavy atom. The van der Waals surface area contributed by atoms with Gasteiger partial charge in [0.2, 0.25) is 0 Å². The van der Waals surface area contributed by atoms with Gasteiger partial charge in [-0.15, -0.1) is 0 Å². The van der Waals surface area contributed by atoms with E-state index in [4.69, 9.17) is 4.42 Å². The number of aryl methyl sites for hydroxylation is 1. The summed E-state index contributed by atoms with van der Waals surface area (Å²) in [5.74, 6) is -0.857. The third kappa shape index (κ3) is 8.87. The number of ketones is 1. The van der Waals surface area contributed by atoms with Gasteiger partial charge in [0.05, 0.1) is 7.11 Å². The van der Waals surface area contributed by atoms with Crippen LogP contribution in [0.15, 0.2) is 57.4 Å². The number of unbranched alkanes of at least 4 members (excludes halogenated alkanes) is 3. The summed E-state index contributed by atoms with van der Waals surface area (Å²) in [4.78, 5) is 36.5. The lowest BCUT2D eigenvalue weighted by Gasteiger charge is -2.11. The molecule has 0 saturated heterocycles. The van der Waals surface area contributed by atoms with Crippen molar-refractivity contribution < 1.29 is 23.8 Å². The van der Waals surface area contributed by atoms with Crippen LogP contribution in [0.4, 0.5) is 4.79 Å². The molecule has 0 bridgehead atoms. The van der Waals surface area contributed by atoms with E-state index in [2.05, 4.69) is 29.1 Å². The van der Waals surface area contributed by atoms with Gasteiger partial charge in [-0.3, -0.25) is 10.1 Å². The molecular weight excluding hydrogens is 458 g/mol. The Balaban J connectivity index is 2.04. The fraction of sp³-hybridized carbons (Fsp3) is 0.414. The molecule has 7 heteroatoms. The molecular formula is C29H37NO6. The Kier molecular flexibility index (Phi) is 11.7. The second-order valence-corrected chi connectivity index (χ2v) is 8.92. The lowest BCUT2D eigenvalue weighted by molar-refractivity contribution is 0.102. The van der Waals surface area contributed by atoms with Crippen LogP contribution in [0.3, 0.4) is 0 Å². The van der Waals surface area contributed by atoms with Crippen LogP contribution in [0.2, 0.25) is 0 Å². The molecule has 0 saturated carbocycles. The van der Waals surface area contributed by atoms with Crippen molar-refractivity contribution >= 4 is 18.0 Å². The molecule has 1 unspecified atom stereocenters. The first-order valence-electron chi connectivity index (χ1n) is 12.4. The molecule has 7 nitrogen and oxygen atoms in total. The number of carbonyl (C=O) groups is 2. The fourth-order valence-electron chi connectivity index (χ4n) is 3.76. The van der Waals surface area contributed by atoms with E-state index < -0.39 is 23.3 Å². The highest BCUT2D eigenvalue weighted by atomic mass is 16.5. The molecule has 36 heavy (non-hydrogen) atoms. The van der Waals surface area contributed by atoms with Gasteiger partial charge in [0.1, 0.15) is 17.1 Å². The van der Waals surface area contributed by atoms with Crippen molar-refractivity contribution in [3.8, 4) is 5.75 Å². The molecule has 0 aliphatic rings. The average molecular weight is 496 g/mol. The van der Waals surface area contributed by atoms with Crippen LogP contribution in [0.1, 0.15) is 92.5 Å². The molecule has 1 amide bonds. The summed E-state index contributed by atoms with van der Waals surface area (Å²) in [5, 5.41) is 12.9. The quantitative estimate of drug-likeness (QED) is 0.186. The van der Waals surface area contributed by atoms with Gasteiger partial charge in [-0.2, -0.15) is 0 Å². The first-order chi connectivity index (χ1) is 17.3. The predicted octanol–water partition coefficient (Wildman–Crippen LogP) is 6.51. The molecule has 1 heterocycles. The Hall–Kier alpha value is -3.61. The van der Waals surface area contributed by atoms with Crippen LogP contribution in [-0.4, -0.2) is 24.1 Å². The van der Waals surface area contributed by atoms with E-state index in [0.717, 1.165) is 18.4 Å². The fourth-order valence-corrected chi connectivity index (χ4v) is 3.76. The number of methoxy groups -OCH3 is 1. The second-order valence-electron chi connectivity index (χ2n) is 8.92. The molecule has 1 aromatic heterocycles. The number of allylic oxidation sites excluding steroid dienone is 2. The van der Waals surface area contributed by atoms with Crippen LogP contribution in [0.25, 0.3) is 6.08 Å². The Bertz CT molecular complexity index is 1130. The molecule has 1 aromatic carbocycles. The van der Waals surface area contributed by atoms with Gasteiger partial charge in [-0.1, -0.05) is 63.5 Å². The summed E-state index contributed by atoms with van der Waals surface area (Å²) in [5.41, 5.74) is 1.21. The third-order valence-corrected chi connectivity index (χ3v) is 5.97. The molecule has 2 N–H and O–H groups in total. The number of rotatable bonds is 13. The van der Waals surface area contributed by atoms with Gasteiger partial charge >= 0.3 is 11.7 Å². The molecule has 2 aromatic rings. The molecule has 1 atom stereocenters. The van der Waals surface area contributed by atoms with E-state index in [1.54, 1.807) is 19.1 Å². The molecule has 0 aliphatic heterocycles. The van der Waals surface area contributed by atoms with E-state index in [0.29, 0.717) is 24.2 Å². The number of aromatic hydroxyl groups is 1. The molecule has 0 spiro atoms. The SMILES string of the molecule is CCCCCCc1ccc(/C=C(\C)C(=O)c2c(O)cc(C(C)CC/C=C/NC(=O)OC)oc2=O)cc1. The number of hydrogen-bond donors (Lipinski definition) is 2. The summed E-state index contributed by atoms with van der Waals surface area (Å²) in [7, 11) is 1.28. The molecule has 0 aliphatic carbocycles. The topological polar surface area (TPSA) is 106 Å². The third-order valence-electron chi connectivity index (χ3n) is 5.97. The van der Waals surface area contributed by atoms with Gasteiger partial charge in [-0.05, 0) is 55.4 Å². The zero-order chi connectivity index (χ0) is 26.5. The number of hydrogen-bond acceptors (Lipinski definition) is 6. The van der Waals surface area contributed by atoms with E-state index in [1.807, 2.05) is 19.1 Å². The number of carbonyl (C=O) groups excluding carboxylic acids is 2. The number of amides is 1. The standard InChI is InChI=1S/C29H37NO6/c1-5-6-7-8-12-22-13-15-23(16-14-22)18-21(3)27(32)26-24(31)19-25(36-28(26)33)20(2)11-9-10-17-30-29(34)35-4/h10,13-20,31H,5-9,11-12H2,1-4H3,(H,30,34)/b17-10+,21-18+. The minimum atomic E-state index is -0.861. The smallest absolute Gasteiger partial charge is 0.410 e. The molecule has 0 radical (unpaired) electrons. The van der Waals surface area contributed by atoms with Gasteiger partial charge < -0.3 is 14.3 Å². The van der Waals surface area contributed by atoms with Crippen molar-refractivity contribution in [2.75, 3.05) is 7.11 Å². The van der Waals surface area contributed by atoms with E-state index in [-0.39, 0.29) is 11.5 Å². The van der Waals surface area contributed by atoms with Crippen LogP contribution < -0.4 is 10.9 Å². The van der Waals surface area contributed by atoms with E-state index in [9.17, 15) is 19.5 Å². The number of nitrogens with one attached hydrogen (secondary N) is 1. The second kappa shape index (κ2) is 14.7. The summed E-state index contributed by atoms with van der Waals surface area (Å²) in [6.45, 7) is 5.66. The van der Waals surface area contributed by atoms with Crippen molar-refractivity contribution in [3.63, 3.8) is 0 Å². The first-order valence-corrected chi connectivity index (χ1v) is 12.4. The molecule has 194 valence electrons. The first kappa shape index (κ1) is 28.6. The van der Waals surface area contributed by atoms with E-state index in [1.165, 1.54) is 44.2 Å². The minimum Gasteiger partial charge on any atom is -0.507 e. The van der Waals surface area contributed by atoms with Crippen molar-refractivity contribution in [3.05, 3.63) is 81.1 Å². The Labute approximate surface area is 212 Å². The number of benzene rings is 1. The van der Waals surface area contributed by atoms with Gasteiger partial charge in [0.25, 0.3) is 0 Å². The zero-order valence-corrected chi connectivity index (χ0v) is 21.6. The normalized spacial score (nSPS) is 12.5. The lowest BCUT2D eigenvalue weighted by Crippen LogP contribution is -2.16. The summed E-state index contributed by atoms with van der Waals surface area (Å²) < 4.78 is 9.85. The van der Waals surface area contributed by atoms with Crippen molar-refractivity contribution in [1.29, 1.82) is 0 Å². The van der Waals surface area contributed by atoms with Crippen molar-refractivity contribution in [2.24, 2.45) is 0 Å². The summed E-state index contributed by atoms with van der Waals surface area (Å²) in [6.07, 6.45) is 11.4. The monoisotopic (exact) mass is 495 g/mol. The molecule has 2 rings (SSSR count). The maximum Gasteiger partial charge on any atom is 0.410 e.